The number of hydrogen-bond donors (Lipinski definition) is 0. The highest BCUT2D eigenvalue weighted by Crippen LogP contribution is 2.38. The van der Waals surface area contributed by atoms with Crippen LogP contribution in [0.2, 0.25) is 0 Å². The van der Waals surface area contributed by atoms with E-state index >= 15 is 0 Å². The van der Waals surface area contributed by atoms with Gasteiger partial charge < -0.3 is 4.90 Å². The van der Waals surface area contributed by atoms with Crippen LogP contribution < -0.4 is 0 Å². The molecule has 54 valence electrons. The molecule has 0 saturated carbocycles. The van der Waals surface area contributed by atoms with Gasteiger partial charge in [0.1, 0.15) is 0 Å². The molecule has 10 heavy (non-hydrogen) atoms. The summed E-state index contributed by atoms with van der Waals surface area (Å²) >= 11 is 0. The molecule has 2 bridgehead atoms. The van der Waals surface area contributed by atoms with E-state index in [1.54, 1.807) is 0 Å². The second-order valence-electron chi connectivity index (χ2n) is 3.48. The molecular weight excluding hydrogens is 126 g/mol. The molecule has 3 saturated heterocycles. The Morgan fingerprint density at radius 2 is 2.10 bits per heavy atom. The molecule has 0 spiro atoms. The topological polar surface area (TPSA) is 27.0 Å². The number of nitrogens with zero attached hydrogens (tertiary/aromatic N) is 2. The molecule has 0 aromatic rings. The number of rotatable bonds is 0. The molecule has 2 nitrogen and oxygen atoms in total. The second-order valence-corrected chi connectivity index (χ2v) is 3.48. The summed E-state index contributed by atoms with van der Waals surface area (Å²) in [5.41, 5.74) is 0.0920. The molecule has 0 aromatic carbocycles. The summed E-state index contributed by atoms with van der Waals surface area (Å²) in [5.74, 6) is 0. The molecule has 0 atom stereocenters. The lowest BCUT2D eigenvalue weighted by Gasteiger charge is -2.44. The van der Waals surface area contributed by atoms with Crippen molar-refractivity contribution in [3.05, 3.63) is 0 Å². The van der Waals surface area contributed by atoms with Crippen molar-refractivity contribution in [2.45, 2.75) is 19.3 Å². The quantitative estimate of drug-likeness (QED) is 0.499. The van der Waals surface area contributed by atoms with Crippen molar-refractivity contribution in [3.8, 4) is 6.07 Å². The van der Waals surface area contributed by atoms with Gasteiger partial charge in [-0.1, -0.05) is 0 Å². The summed E-state index contributed by atoms with van der Waals surface area (Å²) in [6, 6.07) is 2.48. The summed E-state index contributed by atoms with van der Waals surface area (Å²) in [6.45, 7) is 3.48. The first-order valence-electron chi connectivity index (χ1n) is 3.98. The lowest BCUT2D eigenvalue weighted by atomic mass is 9.87. The van der Waals surface area contributed by atoms with Gasteiger partial charge in [-0.05, 0) is 38.9 Å². The van der Waals surface area contributed by atoms with Crippen molar-refractivity contribution < 1.29 is 0 Å². The highest BCUT2D eigenvalue weighted by atomic mass is 15.3. The van der Waals surface area contributed by atoms with E-state index in [-0.39, 0.29) is 5.41 Å². The third kappa shape index (κ3) is 0.741. The zero-order valence-electron chi connectivity index (χ0n) is 6.14. The zero-order chi connectivity index (χ0) is 7.03. The molecule has 0 N–H and O–H groups in total. The summed E-state index contributed by atoms with van der Waals surface area (Å²) in [5, 5.41) is 8.90. The maximum Gasteiger partial charge on any atom is 0.0691 e. The molecular formula is C8H12N2. The van der Waals surface area contributed by atoms with Gasteiger partial charge in [-0.25, -0.2) is 0 Å². The highest BCUT2D eigenvalue weighted by Gasteiger charge is 2.39. The Balaban J connectivity index is 2.17. The van der Waals surface area contributed by atoms with Crippen LogP contribution in [0.3, 0.4) is 0 Å². The average Bonchev–Trinajstić information content (AvgIpc) is 2.08. The van der Waals surface area contributed by atoms with Crippen LogP contribution in [0.1, 0.15) is 19.3 Å². The van der Waals surface area contributed by atoms with Gasteiger partial charge in [-0.3, -0.25) is 0 Å². The van der Waals surface area contributed by atoms with Gasteiger partial charge in [0.25, 0.3) is 0 Å². The lowest BCUT2D eigenvalue weighted by Crippen LogP contribution is -2.47. The Bertz CT molecular complexity index is 158. The minimum absolute atomic E-state index is 0.0920. The fourth-order valence-electron chi connectivity index (χ4n) is 1.99. The fraction of sp³-hybridized carbons (Fsp3) is 0.875. The molecule has 3 aliphatic heterocycles. The van der Waals surface area contributed by atoms with Crippen LogP contribution in [0.25, 0.3) is 0 Å². The number of fused-ring (bicyclic) bond motifs is 3. The average molecular weight is 138 g/mol. The molecule has 0 aliphatic carbocycles. The Labute approximate surface area is 61.4 Å². The van der Waals surface area contributed by atoms with Gasteiger partial charge in [0.05, 0.1) is 11.5 Å². The van der Waals surface area contributed by atoms with Crippen molar-refractivity contribution in [2.24, 2.45) is 5.41 Å². The van der Waals surface area contributed by atoms with E-state index in [1.807, 2.05) is 0 Å². The third-order valence-electron chi connectivity index (χ3n) is 2.96. The van der Waals surface area contributed by atoms with E-state index in [0.717, 1.165) is 38.9 Å². The highest BCUT2D eigenvalue weighted by molar-refractivity contribution is 5.05. The van der Waals surface area contributed by atoms with Crippen LogP contribution in [0.5, 0.6) is 0 Å². The van der Waals surface area contributed by atoms with Crippen molar-refractivity contribution in [3.63, 3.8) is 0 Å². The normalized spacial score (nSPS) is 44.9. The van der Waals surface area contributed by atoms with E-state index in [0.29, 0.717) is 0 Å². The first kappa shape index (κ1) is 6.18. The predicted octanol–water partition coefficient (Wildman–Crippen LogP) is 0.996. The third-order valence-corrected chi connectivity index (χ3v) is 2.96. The largest absolute Gasteiger partial charge is 0.303 e. The fourth-order valence-corrected chi connectivity index (χ4v) is 1.99. The van der Waals surface area contributed by atoms with E-state index in [9.17, 15) is 0 Å². The predicted molar refractivity (Wildman–Crippen MR) is 38.3 cm³/mol. The minimum atomic E-state index is 0.0920. The number of hydrogen-bond acceptors (Lipinski definition) is 2. The maximum absolute atomic E-state index is 8.90. The zero-order valence-corrected chi connectivity index (χ0v) is 6.14. The number of piperidine rings is 3. The summed E-state index contributed by atoms with van der Waals surface area (Å²) < 4.78 is 0. The Morgan fingerprint density at radius 1 is 1.40 bits per heavy atom. The van der Waals surface area contributed by atoms with Crippen LogP contribution in [0.15, 0.2) is 0 Å². The van der Waals surface area contributed by atoms with Crippen LogP contribution >= 0.6 is 0 Å². The smallest absolute Gasteiger partial charge is 0.0691 e. The van der Waals surface area contributed by atoms with E-state index in [4.69, 9.17) is 5.26 Å². The van der Waals surface area contributed by atoms with Gasteiger partial charge in [0.2, 0.25) is 0 Å². The van der Waals surface area contributed by atoms with Crippen LogP contribution in [-0.4, -0.2) is 24.5 Å². The Hall–Kier alpha value is -0.550. The van der Waals surface area contributed by atoms with Crippen molar-refractivity contribution in [1.82, 2.24) is 4.90 Å². The molecule has 0 unspecified atom stereocenters. The van der Waals surface area contributed by atoms with Crippen LogP contribution in [0.4, 0.5) is 0 Å². The second kappa shape index (κ2) is 1.96. The van der Waals surface area contributed by atoms with Gasteiger partial charge in [0.15, 0.2) is 0 Å². The first-order valence-corrected chi connectivity index (χ1v) is 3.98. The lowest BCUT2D eigenvalue weighted by molar-refractivity contribution is 0.0666. The molecule has 3 aliphatic rings. The summed E-state index contributed by atoms with van der Waals surface area (Å²) in [6.07, 6.45) is 3.34. The number of nitriles is 1. The molecule has 0 radical (unpaired) electrons. The Morgan fingerprint density at radius 3 is 2.40 bits per heavy atom. The van der Waals surface area contributed by atoms with E-state index < -0.39 is 0 Å². The molecule has 0 amide bonds. The maximum atomic E-state index is 8.90. The molecule has 2 heteroatoms. The Kier molecular flexibility index (Phi) is 1.21. The van der Waals surface area contributed by atoms with Crippen LogP contribution in [-0.2, 0) is 0 Å². The van der Waals surface area contributed by atoms with E-state index in [1.165, 1.54) is 0 Å². The van der Waals surface area contributed by atoms with Crippen molar-refractivity contribution in [1.29, 1.82) is 5.26 Å². The standard InChI is InChI=1S/C8H12N2/c9-7-8-1-4-10(5-2-8)6-3-8/h1-6H2/i1+2. The summed E-state index contributed by atoms with van der Waals surface area (Å²) in [7, 11) is 0. The van der Waals surface area contributed by atoms with Gasteiger partial charge in [-0.15, -0.1) is 0 Å². The van der Waals surface area contributed by atoms with Gasteiger partial charge in [0, 0.05) is 0 Å². The monoisotopic (exact) mass is 138 g/mol. The van der Waals surface area contributed by atoms with Crippen LogP contribution in [0, 0.1) is 16.7 Å². The molecule has 3 fully saturated rings. The minimum Gasteiger partial charge on any atom is -0.303 e. The van der Waals surface area contributed by atoms with Gasteiger partial charge in [-0.2, -0.15) is 5.26 Å². The van der Waals surface area contributed by atoms with Crippen molar-refractivity contribution >= 4 is 0 Å². The summed E-state index contributed by atoms with van der Waals surface area (Å²) in [4.78, 5) is 2.46. The molecule has 3 heterocycles. The first-order chi connectivity index (χ1) is 4.85. The molecule has 0 aromatic heterocycles. The van der Waals surface area contributed by atoms with E-state index in [2.05, 4.69) is 11.0 Å². The van der Waals surface area contributed by atoms with Gasteiger partial charge >= 0.3 is 0 Å². The van der Waals surface area contributed by atoms with Crippen molar-refractivity contribution in [2.75, 3.05) is 19.6 Å². The SMILES string of the molecule is N#CC12CCN(CC1)C[14CH2]2. The molecule has 3 rings (SSSR count).